The fourth-order valence-corrected chi connectivity index (χ4v) is 1.59. The summed E-state index contributed by atoms with van der Waals surface area (Å²) in [5, 5.41) is 3.38. The van der Waals surface area contributed by atoms with E-state index in [0.29, 0.717) is 11.1 Å². The van der Waals surface area contributed by atoms with E-state index in [0.717, 1.165) is 5.39 Å². The highest BCUT2D eigenvalue weighted by Gasteiger charge is 2.10. The minimum absolute atomic E-state index is 0.132. The van der Waals surface area contributed by atoms with E-state index in [2.05, 4.69) is 5.32 Å². The number of furan rings is 1. The molecule has 0 saturated carbocycles. The van der Waals surface area contributed by atoms with Crippen molar-refractivity contribution in [1.29, 1.82) is 0 Å². The summed E-state index contributed by atoms with van der Waals surface area (Å²) in [4.78, 5) is 22.4. The maximum absolute atomic E-state index is 11.8. The molecule has 0 bridgehead atoms. The summed E-state index contributed by atoms with van der Waals surface area (Å²) in [6, 6.07) is 6.97. The van der Waals surface area contributed by atoms with Crippen molar-refractivity contribution in [2.45, 2.75) is 6.42 Å². The van der Waals surface area contributed by atoms with Gasteiger partial charge < -0.3 is 15.5 Å². The number of nitrogens with one attached hydrogen (secondary N) is 1. The molecule has 0 unspecified atom stereocenters. The largest absolute Gasteiger partial charge is 0.464 e. The third-order valence-electron chi connectivity index (χ3n) is 2.40. The zero-order valence-electron chi connectivity index (χ0n) is 9.10. The Morgan fingerprint density at radius 1 is 1.29 bits per heavy atom. The van der Waals surface area contributed by atoms with E-state index in [1.54, 1.807) is 24.3 Å². The second-order valence-electron chi connectivity index (χ2n) is 3.61. The number of primary amides is 1. The summed E-state index contributed by atoms with van der Waals surface area (Å²) in [6.45, 7) is 0.238. The van der Waals surface area contributed by atoms with Gasteiger partial charge in [0.2, 0.25) is 5.91 Å². The number of nitrogens with two attached hydrogens (primary N) is 1. The quantitative estimate of drug-likeness (QED) is 0.825. The summed E-state index contributed by atoms with van der Waals surface area (Å²) in [7, 11) is 0. The lowest BCUT2D eigenvalue weighted by atomic mass is 10.1. The molecule has 0 atom stereocenters. The van der Waals surface area contributed by atoms with Crippen LogP contribution in [0, 0.1) is 0 Å². The first kappa shape index (κ1) is 11.2. The molecule has 1 aromatic heterocycles. The second kappa shape index (κ2) is 4.69. The first-order valence-corrected chi connectivity index (χ1v) is 5.21. The lowest BCUT2D eigenvalue weighted by Gasteiger charge is -2.04. The molecule has 5 nitrogen and oxygen atoms in total. The van der Waals surface area contributed by atoms with Crippen molar-refractivity contribution < 1.29 is 14.0 Å². The Kier molecular flexibility index (Phi) is 3.09. The number of amides is 2. The molecule has 0 fully saturated rings. The number of carbonyl (C=O) groups is 2. The van der Waals surface area contributed by atoms with E-state index in [4.69, 9.17) is 10.2 Å². The Hall–Kier alpha value is -2.30. The average Bonchev–Trinajstić information content (AvgIpc) is 2.75. The van der Waals surface area contributed by atoms with Crippen LogP contribution in [0.1, 0.15) is 16.8 Å². The summed E-state index contributed by atoms with van der Waals surface area (Å²) >= 11 is 0. The molecule has 0 spiro atoms. The Morgan fingerprint density at radius 3 is 2.88 bits per heavy atom. The monoisotopic (exact) mass is 232 g/mol. The minimum Gasteiger partial charge on any atom is -0.464 e. The van der Waals surface area contributed by atoms with E-state index in [1.165, 1.54) is 6.26 Å². The van der Waals surface area contributed by atoms with Gasteiger partial charge in [-0.25, -0.2) is 0 Å². The lowest BCUT2D eigenvalue weighted by Crippen LogP contribution is -2.27. The third-order valence-corrected chi connectivity index (χ3v) is 2.40. The van der Waals surface area contributed by atoms with Crippen LogP contribution >= 0.6 is 0 Å². The van der Waals surface area contributed by atoms with Crippen LogP contribution in [-0.4, -0.2) is 18.4 Å². The Balaban J connectivity index is 2.13. The summed E-state index contributed by atoms with van der Waals surface area (Å²) in [5.41, 5.74) is 6.17. The number of hydrogen-bond acceptors (Lipinski definition) is 3. The van der Waals surface area contributed by atoms with E-state index in [1.807, 2.05) is 0 Å². The molecule has 2 rings (SSSR count). The van der Waals surface area contributed by atoms with Crippen molar-refractivity contribution in [2.24, 2.45) is 5.73 Å². The highest BCUT2D eigenvalue weighted by Crippen LogP contribution is 2.19. The Labute approximate surface area is 97.6 Å². The Morgan fingerprint density at radius 2 is 2.12 bits per heavy atom. The molecule has 1 aromatic carbocycles. The average molecular weight is 232 g/mol. The predicted octanol–water partition coefficient (Wildman–Crippen LogP) is 1.04. The highest BCUT2D eigenvalue weighted by molar-refractivity contribution is 6.05. The van der Waals surface area contributed by atoms with E-state index < -0.39 is 5.91 Å². The van der Waals surface area contributed by atoms with Gasteiger partial charge in [-0.1, -0.05) is 6.07 Å². The number of benzene rings is 1. The van der Waals surface area contributed by atoms with Crippen LogP contribution in [0.25, 0.3) is 11.0 Å². The van der Waals surface area contributed by atoms with Gasteiger partial charge in [-0.2, -0.15) is 0 Å². The molecule has 0 radical (unpaired) electrons. The van der Waals surface area contributed by atoms with Gasteiger partial charge in [0.25, 0.3) is 5.91 Å². The number of hydrogen-bond donors (Lipinski definition) is 2. The molecule has 88 valence electrons. The summed E-state index contributed by atoms with van der Waals surface area (Å²) in [5.74, 6) is -0.676. The second-order valence-corrected chi connectivity index (χ2v) is 3.61. The van der Waals surface area contributed by atoms with Gasteiger partial charge in [0.15, 0.2) is 0 Å². The fraction of sp³-hybridized carbons (Fsp3) is 0.167. The molecule has 2 aromatic rings. The van der Waals surface area contributed by atoms with E-state index >= 15 is 0 Å². The maximum atomic E-state index is 11.8. The Bertz CT molecular complexity index is 560. The first-order chi connectivity index (χ1) is 8.18. The molecule has 0 saturated heterocycles. The van der Waals surface area contributed by atoms with Crippen LogP contribution in [0.2, 0.25) is 0 Å². The van der Waals surface area contributed by atoms with Gasteiger partial charge in [-0.15, -0.1) is 0 Å². The van der Waals surface area contributed by atoms with Crippen LogP contribution in [0.5, 0.6) is 0 Å². The first-order valence-electron chi connectivity index (χ1n) is 5.21. The van der Waals surface area contributed by atoms with Gasteiger partial charge in [0, 0.05) is 18.4 Å². The molecular formula is C12H12N2O3. The summed E-state index contributed by atoms with van der Waals surface area (Å²) in [6.07, 6.45) is 1.66. The smallest absolute Gasteiger partial charge is 0.252 e. The van der Waals surface area contributed by atoms with Crippen LogP contribution in [0.15, 0.2) is 34.9 Å². The van der Waals surface area contributed by atoms with Crippen LogP contribution in [0.4, 0.5) is 0 Å². The van der Waals surface area contributed by atoms with Crippen LogP contribution in [0.3, 0.4) is 0 Å². The highest BCUT2D eigenvalue weighted by atomic mass is 16.3. The standard InChI is InChI=1S/C12H12N2O3/c13-11(15)4-6-14-12(16)9-2-1-3-10-8(9)5-7-17-10/h1-3,5,7H,4,6H2,(H2,13,15)(H,14,16). The number of fused-ring (bicyclic) bond motifs is 1. The van der Waals surface area contributed by atoms with Gasteiger partial charge in [0.05, 0.1) is 11.8 Å². The normalized spacial score (nSPS) is 10.4. The molecule has 2 amide bonds. The van der Waals surface area contributed by atoms with Crippen molar-refractivity contribution in [2.75, 3.05) is 6.54 Å². The van der Waals surface area contributed by atoms with Gasteiger partial charge in [0.1, 0.15) is 5.58 Å². The molecule has 5 heteroatoms. The van der Waals surface area contributed by atoms with Crippen molar-refractivity contribution in [3.8, 4) is 0 Å². The van der Waals surface area contributed by atoms with Crippen molar-refractivity contribution >= 4 is 22.8 Å². The zero-order chi connectivity index (χ0) is 12.3. The topological polar surface area (TPSA) is 85.3 Å². The van der Waals surface area contributed by atoms with Crippen molar-refractivity contribution in [3.05, 3.63) is 36.1 Å². The van der Waals surface area contributed by atoms with Gasteiger partial charge >= 0.3 is 0 Å². The fourth-order valence-electron chi connectivity index (χ4n) is 1.59. The molecule has 1 heterocycles. The van der Waals surface area contributed by atoms with E-state index in [9.17, 15) is 9.59 Å². The molecule has 17 heavy (non-hydrogen) atoms. The maximum Gasteiger partial charge on any atom is 0.252 e. The number of rotatable bonds is 4. The molecular weight excluding hydrogens is 220 g/mol. The van der Waals surface area contributed by atoms with Gasteiger partial charge in [-0.05, 0) is 18.2 Å². The van der Waals surface area contributed by atoms with E-state index in [-0.39, 0.29) is 18.9 Å². The van der Waals surface area contributed by atoms with Gasteiger partial charge in [-0.3, -0.25) is 9.59 Å². The van der Waals surface area contributed by atoms with Crippen molar-refractivity contribution in [3.63, 3.8) is 0 Å². The third kappa shape index (κ3) is 2.44. The predicted molar refractivity (Wildman–Crippen MR) is 62.4 cm³/mol. The van der Waals surface area contributed by atoms with Crippen LogP contribution in [-0.2, 0) is 4.79 Å². The lowest BCUT2D eigenvalue weighted by molar-refractivity contribution is -0.117. The van der Waals surface area contributed by atoms with Crippen LogP contribution < -0.4 is 11.1 Å². The zero-order valence-corrected chi connectivity index (χ0v) is 9.10. The molecule has 0 aliphatic rings. The summed E-state index contributed by atoms with van der Waals surface area (Å²) < 4.78 is 5.20. The number of carbonyl (C=O) groups excluding carboxylic acids is 2. The molecule has 0 aliphatic carbocycles. The minimum atomic E-state index is -0.438. The SMILES string of the molecule is NC(=O)CCNC(=O)c1cccc2occc12. The molecule has 0 aliphatic heterocycles. The van der Waals surface area contributed by atoms with Crippen molar-refractivity contribution in [1.82, 2.24) is 5.32 Å². The molecule has 3 N–H and O–H groups in total.